The van der Waals surface area contributed by atoms with Crippen molar-refractivity contribution in [3.63, 3.8) is 0 Å². The number of carbonyl (C=O) groups excluding carboxylic acids is 1. The minimum atomic E-state index is -0.827. The highest BCUT2D eigenvalue weighted by molar-refractivity contribution is 7.99. The number of hydrogen-bond acceptors (Lipinski definition) is 10. The maximum atomic E-state index is 13.5. The zero-order chi connectivity index (χ0) is 29.6. The van der Waals surface area contributed by atoms with Gasteiger partial charge in [0, 0.05) is 23.9 Å². The van der Waals surface area contributed by atoms with Gasteiger partial charge in [-0.25, -0.2) is 14.6 Å². The van der Waals surface area contributed by atoms with Crippen LogP contribution in [0, 0.1) is 5.92 Å². The Kier molecular flexibility index (Phi) is 7.52. The number of rotatable bonds is 10. The first-order valence-corrected chi connectivity index (χ1v) is 16.0. The number of aromatic nitrogens is 6. The van der Waals surface area contributed by atoms with Crippen molar-refractivity contribution in [1.29, 1.82) is 0 Å². The number of pyridine rings is 1. The van der Waals surface area contributed by atoms with E-state index in [4.69, 9.17) is 19.4 Å². The summed E-state index contributed by atoms with van der Waals surface area (Å²) >= 11 is 1.62. The number of carbonyl (C=O) groups is 1. The third-order valence-corrected chi connectivity index (χ3v) is 9.39. The van der Waals surface area contributed by atoms with Crippen LogP contribution in [0.4, 0.5) is 5.82 Å². The van der Waals surface area contributed by atoms with Gasteiger partial charge in [-0.05, 0) is 50.8 Å². The van der Waals surface area contributed by atoms with Crippen molar-refractivity contribution < 1.29 is 14.3 Å². The van der Waals surface area contributed by atoms with Gasteiger partial charge in [0.05, 0.1) is 24.2 Å². The Morgan fingerprint density at radius 2 is 1.88 bits per heavy atom. The van der Waals surface area contributed by atoms with Crippen LogP contribution in [0.3, 0.4) is 0 Å². The van der Waals surface area contributed by atoms with Gasteiger partial charge in [0.15, 0.2) is 27.9 Å². The number of thioether (sulfide) groups is 1. The zero-order valence-electron chi connectivity index (χ0n) is 24.5. The molecule has 0 bridgehead atoms. The lowest BCUT2D eigenvalue weighted by Gasteiger charge is -2.23. The standard InChI is InChI=1S/C31H36N8O3S/c1-4-14-43-30-35-27(34-22-15-20(22)18-10-6-5-7-11-18)24-28(36-30)39(38-37-24)23-16-21(25-26(23)42-31(2,3)41-25)29(40)33-17-19-12-8-9-13-32-19/h5-13,20-23,25-26H,4,14-17H2,1-3H3,(H,33,40)(H,34,35,36). The first kappa shape index (κ1) is 28.2. The second-order valence-electron chi connectivity index (χ2n) is 11.9. The van der Waals surface area contributed by atoms with Crippen LogP contribution in [0.2, 0.25) is 0 Å². The predicted octanol–water partition coefficient (Wildman–Crippen LogP) is 4.48. The highest BCUT2D eigenvalue weighted by Gasteiger charge is 2.57. The maximum absolute atomic E-state index is 13.5. The van der Waals surface area contributed by atoms with Gasteiger partial charge in [-0.3, -0.25) is 9.78 Å². The molecule has 6 atom stereocenters. The monoisotopic (exact) mass is 600 g/mol. The molecule has 2 N–H and O–H groups in total. The minimum Gasteiger partial charge on any atom is -0.365 e. The molecule has 0 radical (unpaired) electrons. The van der Waals surface area contributed by atoms with E-state index in [9.17, 15) is 4.79 Å². The van der Waals surface area contributed by atoms with Crippen molar-refractivity contribution in [3.05, 3.63) is 66.0 Å². The molecule has 3 aliphatic rings. The van der Waals surface area contributed by atoms with E-state index >= 15 is 0 Å². The van der Waals surface area contributed by atoms with E-state index in [0.717, 1.165) is 24.3 Å². The molecule has 7 rings (SSSR count). The zero-order valence-corrected chi connectivity index (χ0v) is 25.3. The highest BCUT2D eigenvalue weighted by Crippen LogP contribution is 2.48. The van der Waals surface area contributed by atoms with E-state index in [1.165, 1.54) is 5.56 Å². The number of hydrogen-bond donors (Lipinski definition) is 2. The molecule has 1 saturated heterocycles. The number of ether oxygens (including phenoxy) is 2. The Morgan fingerprint density at radius 1 is 1.07 bits per heavy atom. The Labute approximate surface area is 254 Å². The summed E-state index contributed by atoms with van der Waals surface area (Å²) in [4.78, 5) is 27.6. The van der Waals surface area contributed by atoms with Crippen molar-refractivity contribution in [2.75, 3.05) is 11.1 Å². The van der Waals surface area contributed by atoms with Crippen LogP contribution in [-0.2, 0) is 20.8 Å². The fourth-order valence-electron chi connectivity index (χ4n) is 6.25. The summed E-state index contributed by atoms with van der Waals surface area (Å²) in [5, 5.41) is 16.5. The van der Waals surface area contributed by atoms with Crippen LogP contribution < -0.4 is 10.6 Å². The highest BCUT2D eigenvalue weighted by atomic mass is 32.2. The van der Waals surface area contributed by atoms with Gasteiger partial charge >= 0.3 is 0 Å². The van der Waals surface area contributed by atoms with E-state index in [0.29, 0.717) is 41.0 Å². The quantitative estimate of drug-likeness (QED) is 0.199. The van der Waals surface area contributed by atoms with Gasteiger partial charge in [0.2, 0.25) is 5.91 Å². The van der Waals surface area contributed by atoms with Crippen LogP contribution in [0.5, 0.6) is 0 Å². The molecule has 3 fully saturated rings. The Hall–Kier alpha value is -3.61. The maximum Gasteiger partial charge on any atom is 0.226 e. The molecule has 11 nitrogen and oxygen atoms in total. The molecule has 224 valence electrons. The van der Waals surface area contributed by atoms with E-state index in [1.54, 1.807) is 18.0 Å². The lowest BCUT2D eigenvalue weighted by Crippen LogP contribution is -2.37. The fourth-order valence-corrected chi connectivity index (χ4v) is 6.95. The smallest absolute Gasteiger partial charge is 0.226 e. The number of amides is 1. The SMILES string of the molecule is CCCSc1nc(NC2CC2c2ccccc2)c2nnn(C3CC(C(=O)NCc4ccccn4)C4OC(C)(C)OC43)c2n1. The molecular formula is C31H36N8O3S. The Morgan fingerprint density at radius 3 is 2.67 bits per heavy atom. The van der Waals surface area contributed by atoms with Crippen LogP contribution in [0.15, 0.2) is 59.9 Å². The van der Waals surface area contributed by atoms with E-state index in [-0.39, 0.29) is 24.1 Å². The van der Waals surface area contributed by atoms with Crippen molar-refractivity contribution in [2.24, 2.45) is 5.92 Å². The summed E-state index contributed by atoms with van der Waals surface area (Å²) in [6.07, 6.45) is 3.44. The summed E-state index contributed by atoms with van der Waals surface area (Å²) in [6, 6.07) is 16.2. The second kappa shape index (κ2) is 11.5. The van der Waals surface area contributed by atoms with Crippen LogP contribution in [0.1, 0.15) is 63.3 Å². The topological polar surface area (TPSA) is 129 Å². The summed E-state index contributed by atoms with van der Waals surface area (Å²) in [7, 11) is 0. The molecule has 4 aromatic rings. The molecule has 2 saturated carbocycles. The van der Waals surface area contributed by atoms with Gasteiger partial charge in [-0.2, -0.15) is 0 Å². The van der Waals surface area contributed by atoms with Gasteiger partial charge < -0.3 is 20.1 Å². The first-order chi connectivity index (χ1) is 20.9. The predicted molar refractivity (Wildman–Crippen MR) is 162 cm³/mol. The van der Waals surface area contributed by atoms with Crippen LogP contribution >= 0.6 is 11.8 Å². The molecule has 4 heterocycles. The molecule has 1 amide bonds. The summed E-state index contributed by atoms with van der Waals surface area (Å²) < 4.78 is 14.5. The van der Waals surface area contributed by atoms with Crippen molar-refractivity contribution >= 4 is 34.7 Å². The van der Waals surface area contributed by atoms with Gasteiger partial charge in [-0.1, -0.05) is 60.3 Å². The third kappa shape index (κ3) is 5.71. The number of anilines is 1. The molecule has 1 aliphatic heterocycles. The molecule has 43 heavy (non-hydrogen) atoms. The van der Waals surface area contributed by atoms with E-state index in [2.05, 4.69) is 57.1 Å². The summed E-state index contributed by atoms with van der Waals surface area (Å²) in [6.45, 7) is 6.25. The van der Waals surface area contributed by atoms with Gasteiger partial charge in [0.1, 0.15) is 12.2 Å². The van der Waals surface area contributed by atoms with Crippen molar-refractivity contribution in [1.82, 2.24) is 35.3 Å². The van der Waals surface area contributed by atoms with Crippen LogP contribution in [0.25, 0.3) is 11.2 Å². The Balaban J connectivity index is 1.17. The fraction of sp³-hybridized carbons (Fsp3) is 0.484. The summed E-state index contributed by atoms with van der Waals surface area (Å²) in [5.41, 5.74) is 3.38. The number of nitrogens with one attached hydrogen (secondary N) is 2. The van der Waals surface area contributed by atoms with Gasteiger partial charge in [-0.15, -0.1) is 5.10 Å². The summed E-state index contributed by atoms with van der Waals surface area (Å²) in [5.74, 6) is 0.686. The average Bonchev–Trinajstić information content (AvgIpc) is 3.34. The van der Waals surface area contributed by atoms with Crippen LogP contribution in [-0.4, -0.2) is 65.6 Å². The minimum absolute atomic E-state index is 0.0919. The van der Waals surface area contributed by atoms with Crippen molar-refractivity contribution in [2.45, 2.75) is 87.7 Å². The van der Waals surface area contributed by atoms with Gasteiger partial charge in [0.25, 0.3) is 0 Å². The third-order valence-electron chi connectivity index (χ3n) is 8.33. The first-order valence-electron chi connectivity index (χ1n) is 15.0. The lowest BCUT2D eigenvalue weighted by atomic mass is 10.0. The molecule has 1 aromatic carbocycles. The molecule has 0 spiro atoms. The Bertz CT molecular complexity index is 1600. The molecular weight excluding hydrogens is 564 g/mol. The van der Waals surface area contributed by atoms with Crippen molar-refractivity contribution in [3.8, 4) is 0 Å². The second-order valence-corrected chi connectivity index (χ2v) is 13.0. The molecule has 3 aromatic heterocycles. The number of fused-ring (bicyclic) bond motifs is 2. The number of benzene rings is 1. The average molecular weight is 601 g/mol. The molecule has 12 heteroatoms. The largest absolute Gasteiger partial charge is 0.365 e. The molecule has 6 unspecified atom stereocenters. The number of nitrogens with zero attached hydrogens (tertiary/aromatic N) is 6. The molecule has 2 aliphatic carbocycles. The van der Waals surface area contributed by atoms with E-state index in [1.807, 2.05) is 42.8 Å². The normalized spacial score (nSPS) is 27.2. The van der Waals surface area contributed by atoms with E-state index < -0.39 is 17.8 Å². The lowest BCUT2D eigenvalue weighted by molar-refractivity contribution is -0.163.